The zero-order chi connectivity index (χ0) is 13.3. The van der Waals surface area contributed by atoms with Crippen LogP contribution in [0.5, 0.6) is 0 Å². The van der Waals surface area contributed by atoms with Crippen molar-refractivity contribution < 1.29 is 14.6 Å². The third-order valence-corrected chi connectivity index (χ3v) is 3.29. The van der Waals surface area contributed by atoms with Crippen molar-refractivity contribution in [2.45, 2.75) is 70.3 Å². The highest BCUT2D eigenvalue weighted by Gasteiger charge is 2.39. The molecule has 0 aromatic heterocycles. The quantitative estimate of drug-likeness (QED) is 0.395. The van der Waals surface area contributed by atoms with E-state index in [-0.39, 0.29) is 6.61 Å². The van der Waals surface area contributed by atoms with Crippen molar-refractivity contribution in [3.05, 3.63) is 0 Å². The molecule has 2 atom stereocenters. The molecule has 0 aromatic rings. The fraction of sp³-hybridized carbons (Fsp3) is 0.923. The zero-order valence-electron chi connectivity index (χ0n) is 11.2. The van der Waals surface area contributed by atoms with Crippen LogP contribution in [-0.2, 0) is 9.53 Å². The molecule has 0 spiro atoms. The number of ether oxygens (including phenoxy) is 1. The smallest absolute Gasteiger partial charge is 0.329 e. The number of aliphatic hydroxyl groups is 1. The molecule has 3 nitrogen and oxygen atoms in total. The number of unbranched alkanes of at least 4 members (excludes halogenated alkanes) is 4. The van der Waals surface area contributed by atoms with Gasteiger partial charge >= 0.3 is 5.97 Å². The van der Waals surface area contributed by atoms with Gasteiger partial charge < -0.3 is 9.84 Å². The van der Waals surface area contributed by atoms with Gasteiger partial charge in [-0.15, -0.1) is 11.6 Å². The van der Waals surface area contributed by atoms with Gasteiger partial charge in [-0.1, -0.05) is 39.0 Å². The van der Waals surface area contributed by atoms with Gasteiger partial charge in [0.25, 0.3) is 0 Å². The number of halogens is 1. The highest BCUT2D eigenvalue weighted by Crippen LogP contribution is 2.25. The first kappa shape index (κ1) is 16.7. The van der Waals surface area contributed by atoms with Crippen molar-refractivity contribution in [2.75, 3.05) is 6.61 Å². The molecule has 0 radical (unpaired) electrons. The maximum atomic E-state index is 11.5. The number of hydrogen-bond donors (Lipinski definition) is 1. The van der Waals surface area contributed by atoms with Gasteiger partial charge in [-0.2, -0.15) is 0 Å². The molecule has 1 N–H and O–H groups in total. The lowest BCUT2D eigenvalue weighted by Crippen LogP contribution is -2.42. The van der Waals surface area contributed by atoms with Gasteiger partial charge in [0.15, 0.2) is 4.87 Å². The zero-order valence-corrected chi connectivity index (χ0v) is 11.9. The van der Waals surface area contributed by atoms with Gasteiger partial charge in [0, 0.05) is 0 Å². The maximum Gasteiger partial charge on any atom is 0.329 e. The van der Waals surface area contributed by atoms with E-state index < -0.39 is 16.9 Å². The Hall–Kier alpha value is -0.280. The van der Waals surface area contributed by atoms with Gasteiger partial charge in [0.1, 0.15) is 0 Å². The minimum absolute atomic E-state index is 0.282. The summed E-state index contributed by atoms with van der Waals surface area (Å²) in [5.41, 5.74) is 0. The molecular weight excluding hydrogens is 240 g/mol. The first-order chi connectivity index (χ1) is 7.96. The van der Waals surface area contributed by atoms with Crippen LogP contribution in [0, 0.1) is 0 Å². The summed E-state index contributed by atoms with van der Waals surface area (Å²) in [5, 5.41) is 9.90. The summed E-state index contributed by atoms with van der Waals surface area (Å²) in [5.74, 6) is -0.539. The van der Waals surface area contributed by atoms with Crippen molar-refractivity contribution in [2.24, 2.45) is 0 Å². The third-order valence-electron chi connectivity index (χ3n) is 2.88. The summed E-state index contributed by atoms with van der Waals surface area (Å²) in [6, 6.07) is 0. The largest absolute Gasteiger partial charge is 0.465 e. The van der Waals surface area contributed by atoms with Gasteiger partial charge in [0.05, 0.1) is 12.7 Å². The van der Waals surface area contributed by atoms with Crippen molar-refractivity contribution in [3.63, 3.8) is 0 Å². The number of rotatable bonds is 9. The van der Waals surface area contributed by atoms with E-state index in [1.165, 1.54) is 26.2 Å². The molecule has 2 unspecified atom stereocenters. The van der Waals surface area contributed by atoms with E-state index in [1.54, 1.807) is 6.92 Å². The molecule has 0 rings (SSSR count). The summed E-state index contributed by atoms with van der Waals surface area (Å²) in [6.07, 6.45) is 5.24. The second-order valence-electron chi connectivity index (χ2n) is 4.51. The molecule has 102 valence electrons. The normalized spacial score (nSPS) is 16.3. The Morgan fingerprint density at radius 2 is 1.88 bits per heavy atom. The first-order valence-electron chi connectivity index (χ1n) is 6.51. The summed E-state index contributed by atoms with van der Waals surface area (Å²) >= 11 is 6.03. The van der Waals surface area contributed by atoms with Crippen molar-refractivity contribution in [3.8, 4) is 0 Å². The number of hydrogen-bond acceptors (Lipinski definition) is 3. The molecule has 0 aliphatic heterocycles. The van der Waals surface area contributed by atoms with Crippen molar-refractivity contribution in [1.29, 1.82) is 0 Å². The predicted molar refractivity (Wildman–Crippen MR) is 70.3 cm³/mol. The van der Waals surface area contributed by atoms with E-state index >= 15 is 0 Å². The highest BCUT2D eigenvalue weighted by atomic mass is 35.5. The second kappa shape index (κ2) is 8.76. The summed E-state index contributed by atoms with van der Waals surface area (Å²) in [4.78, 5) is 10.2. The van der Waals surface area contributed by atoms with E-state index in [4.69, 9.17) is 16.3 Å². The Balaban J connectivity index is 3.94. The van der Waals surface area contributed by atoms with Crippen LogP contribution >= 0.6 is 11.6 Å². The first-order valence-corrected chi connectivity index (χ1v) is 6.88. The number of esters is 1. The van der Waals surface area contributed by atoms with E-state index in [2.05, 4.69) is 6.92 Å². The van der Waals surface area contributed by atoms with E-state index in [0.29, 0.717) is 6.42 Å². The third kappa shape index (κ3) is 6.27. The predicted octanol–water partition coefficient (Wildman–Crippen LogP) is 3.27. The number of carbonyl (C=O) groups is 1. The minimum atomic E-state index is -1.32. The Kier molecular flexibility index (Phi) is 8.61. The van der Waals surface area contributed by atoms with Crippen LogP contribution in [0.1, 0.15) is 59.3 Å². The molecule has 0 aromatic carbocycles. The minimum Gasteiger partial charge on any atom is -0.465 e. The van der Waals surface area contributed by atoms with E-state index in [9.17, 15) is 9.90 Å². The molecule has 0 aliphatic carbocycles. The van der Waals surface area contributed by atoms with Gasteiger partial charge in [-0.25, -0.2) is 0 Å². The standard InChI is InChI=1S/C13H25ClO3/c1-4-6-7-8-9-10-11(15)13(3,14)12(16)17-5-2/h11,15H,4-10H2,1-3H3. The lowest BCUT2D eigenvalue weighted by atomic mass is 9.98. The van der Waals surface area contributed by atoms with Crippen molar-refractivity contribution in [1.82, 2.24) is 0 Å². The fourth-order valence-electron chi connectivity index (χ4n) is 1.62. The summed E-state index contributed by atoms with van der Waals surface area (Å²) in [7, 11) is 0. The highest BCUT2D eigenvalue weighted by molar-refractivity contribution is 6.34. The monoisotopic (exact) mass is 264 g/mol. The van der Waals surface area contributed by atoms with Crippen molar-refractivity contribution >= 4 is 17.6 Å². The van der Waals surface area contributed by atoms with Crippen LogP contribution in [0.25, 0.3) is 0 Å². The van der Waals surface area contributed by atoms with E-state index in [1.807, 2.05) is 0 Å². The number of carbonyl (C=O) groups excluding carboxylic acids is 1. The molecule has 17 heavy (non-hydrogen) atoms. The molecule has 0 saturated carbocycles. The number of aliphatic hydroxyl groups excluding tert-OH is 1. The molecule has 0 amide bonds. The Labute approximate surface area is 109 Å². The van der Waals surface area contributed by atoms with Crippen LogP contribution in [0.15, 0.2) is 0 Å². The summed E-state index contributed by atoms with van der Waals surface area (Å²) < 4.78 is 4.84. The van der Waals surface area contributed by atoms with Crippen LogP contribution in [0.2, 0.25) is 0 Å². The molecule has 0 heterocycles. The summed E-state index contributed by atoms with van der Waals surface area (Å²) in [6.45, 7) is 5.68. The molecule has 0 saturated heterocycles. The average molecular weight is 265 g/mol. The Morgan fingerprint density at radius 1 is 1.29 bits per heavy atom. The molecule has 0 bridgehead atoms. The lowest BCUT2D eigenvalue weighted by Gasteiger charge is -2.25. The molecular formula is C13H25ClO3. The lowest BCUT2D eigenvalue weighted by molar-refractivity contribution is -0.149. The Morgan fingerprint density at radius 3 is 2.41 bits per heavy atom. The second-order valence-corrected chi connectivity index (χ2v) is 5.30. The fourth-order valence-corrected chi connectivity index (χ4v) is 1.78. The van der Waals surface area contributed by atoms with Crippen LogP contribution < -0.4 is 0 Å². The topological polar surface area (TPSA) is 46.5 Å². The molecule has 0 aliphatic rings. The Bertz CT molecular complexity index is 217. The average Bonchev–Trinajstić information content (AvgIpc) is 2.28. The van der Waals surface area contributed by atoms with Gasteiger partial charge in [0.2, 0.25) is 0 Å². The van der Waals surface area contributed by atoms with E-state index in [0.717, 1.165) is 12.8 Å². The number of alkyl halides is 1. The van der Waals surface area contributed by atoms with Gasteiger partial charge in [-0.05, 0) is 20.3 Å². The maximum absolute atomic E-state index is 11.5. The van der Waals surface area contributed by atoms with Crippen LogP contribution in [0.4, 0.5) is 0 Å². The van der Waals surface area contributed by atoms with Crippen LogP contribution in [-0.4, -0.2) is 28.7 Å². The van der Waals surface area contributed by atoms with Gasteiger partial charge in [-0.3, -0.25) is 4.79 Å². The molecule has 0 fully saturated rings. The molecule has 4 heteroatoms. The SMILES string of the molecule is CCCCCCCC(O)C(C)(Cl)C(=O)OCC. The van der Waals surface area contributed by atoms with Crippen LogP contribution in [0.3, 0.4) is 0 Å².